The van der Waals surface area contributed by atoms with E-state index < -0.39 is 22.0 Å². The number of methoxy groups -OCH3 is 2. The molecule has 1 amide bonds. The van der Waals surface area contributed by atoms with Crippen LogP contribution in [-0.2, 0) is 14.8 Å². The van der Waals surface area contributed by atoms with Gasteiger partial charge in [0, 0.05) is 0 Å². The summed E-state index contributed by atoms with van der Waals surface area (Å²) in [6.45, 7) is 3.39. The molecule has 0 spiro atoms. The molecular formula is C20H26N2O5S. The molecular weight excluding hydrogens is 380 g/mol. The van der Waals surface area contributed by atoms with Gasteiger partial charge in [-0.2, -0.15) is 0 Å². The number of carbonyl (C=O) groups is 1. The maximum Gasteiger partial charge on any atom is 0.244 e. The first-order chi connectivity index (χ1) is 13.2. The Bertz CT molecular complexity index is 895. The topological polar surface area (TPSA) is 84.9 Å². The van der Waals surface area contributed by atoms with E-state index >= 15 is 0 Å². The van der Waals surface area contributed by atoms with Crippen molar-refractivity contribution >= 4 is 21.6 Å². The number of hydrogen-bond acceptors (Lipinski definition) is 5. The first kappa shape index (κ1) is 21.6. The summed E-state index contributed by atoms with van der Waals surface area (Å²) in [5, 5.41) is 2.87. The molecule has 0 bridgehead atoms. The fourth-order valence-electron chi connectivity index (χ4n) is 2.85. The molecule has 0 aliphatic carbocycles. The normalized spacial score (nSPS) is 13.3. The van der Waals surface area contributed by atoms with Gasteiger partial charge in [0.05, 0.1) is 32.2 Å². The second-order valence-electron chi connectivity index (χ2n) is 6.44. The zero-order valence-corrected chi connectivity index (χ0v) is 17.5. The number of carbonyl (C=O) groups excluding carboxylic acids is 1. The molecule has 2 aromatic rings. The molecule has 0 unspecified atom stereocenters. The number of hydrogen-bond donors (Lipinski definition) is 1. The average Bonchev–Trinajstić information content (AvgIpc) is 2.67. The minimum atomic E-state index is -3.68. The summed E-state index contributed by atoms with van der Waals surface area (Å²) in [6.07, 6.45) is 1.08. The van der Waals surface area contributed by atoms with Gasteiger partial charge in [-0.3, -0.25) is 9.10 Å². The molecule has 8 heteroatoms. The van der Waals surface area contributed by atoms with Crippen LogP contribution in [0.5, 0.6) is 11.5 Å². The van der Waals surface area contributed by atoms with E-state index in [2.05, 4.69) is 5.32 Å². The second-order valence-corrected chi connectivity index (χ2v) is 8.30. The third-order valence-electron chi connectivity index (χ3n) is 4.39. The van der Waals surface area contributed by atoms with E-state index in [0.29, 0.717) is 11.4 Å². The van der Waals surface area contributed by atoms with Gasteiger partial charge in [-0.25, -0.2) is 8.42 Å². The summed E-state index contributed by atoms with van der Waals surface area (Å²) in [5.74, 6) is 0.922. The van der Waals surface area contributed by atoms with E-state index in [0.717, 1.165) is 21.9 Å². The van der Waals surface area contributed by atoms with Gasteiger partial charge in [0.1, 0.15) is 17.5 Å². The fraction of sp³-hybridized carbons (Fsp3) is 0.350. The minimum absolute atomic E-state index is 0.293. The van der Waals surface area contributed by atoms with E-state index in [1.54, 1.807) is 38.3 Å². The van der Waals surface area contributed by atoms with Crippen LogP contribution < -0.4 is 19.1 Å². The summed E-state index contributed by atoms with van der Waals surface area (Å²) in [4.78, 5) is 12.8. The number of nitrogens with one attached hydrogen (secondary N) is 1. The van der Waals surface area contributed by atoms with Crippen LogP contribution in [0, 0.1) is 0 Å². The number of amides is 1. The molecule has 7 nitrogen and oxygen atoms in total. The highest BCUT2D eigenvalue weighted by Crippen LogP contribution is 2.24. The Morgan fingerprint density at radius 1 is 0.929 bits per heavy atom. The Balaban J connectivity index is 2.20. The van der Waals surface area contributed by atoms with E-state index in [1.807, 2.05) is 31.2 Å². The second kappa shape index (κ2) is 8.97. The summed E-state index contributed by atoms with van der Waals surface area (Å²) in [5.41, 5.74) is 1.28. The van der Waals surface area contributed by atoms with Crippen LogP contribution in [0.15, 0.2) is 48.5 Å². The quantitative estimate of drug-likeness (QED) is 0.729. The van der Waals surface area contributed by atoms with Gasteiger partial charge in [0.25, 0.3) is 0 Å². The minimum Gasteiger partial charge on any atom is -0.497 e. The molecule has 0 saturated carbocycles. The molecule has 152 valence electrons. The zero-order valence-electron chi connectivity index (χ0n) is 16.7. The number of benzene rings is 2. The maximum absolute atomic E-state index is 12.8. The largest absolute Gasteiger partial charge is 0.497 e. The van der Waals surface area contributed by atoms with Crippen molar-refractivity contribution < 1.29 is 22.7 Å². The van der Waals surface area contributed by atoms with Crippen molar-refractivity contribution in [1.29, 1.82) is 0 Å². The molecule has 0 saturated heterocycles. The molecule has 0 heterocycles. The molecule has 28 heavy (non-hydrogen) atoms. The van der Waals surface area contributed by atoms with E-state index in [9.17, 15) is 13.2 Å². The van der Waals surface area contributed by atoms with Crippen molar-refractivity contribution in [1.82, 2.24) is 5.32 Å². The van der Waals surface area contributed by atoms with Crippen molar-refractivity contribution in [2.45, 2.75) is 25.9 Å². The number of ether oxygens (including phenoxy) is 2. The predicted octanol–water partition coefficient (Wildman–Crippen LogP) is 2.74. The predicted molar refractivity (Wildman–Crippen MR) is 109 cm³/mol. The first-order valence-electron chi connectivity index (χ1n) is 8.75. The van der Waals surface area contributed by atoms with Gasteiger partial charge in [-0.05, 0) is 55.8 Å². The average molecular weight is 407 g/mol. The number of nitrogens with zero attached hydrogens (tertiary/aromatic N) is 1. The lowest BCUT2D eigenvalue weighted by atomic mass is 10.1. The van der Waals surface area contributed by atoms with Gasteiger partial charge in [0.15, 0.2) is 0 Å². The van der Waals surface area contributed by atoms with Crippen LogP contribution in [0.2, 0.25) is 0 Å². The third kappa shape index (κ3) is 5.16. The van der Waals surface area contributed by atoms with E-state index in [-0.39, 0.29) is 6.04 Å². The van der Waals surface area contributed by atoms with Crippen LogP contribution in [0.25, 0.3) is 0 Å². The lowest BCUT2D eigenvalue weighted by Crippen LogP contribution is -2.48. The van der Waals surface area contributed by atoms with Crippen molar-refractivity contribution in [3.8, 4) is 11.5 Å². The van der Waals surface area contributed by atoms with Crippen LogP contribution in [0.3, 0.4) is 0 Å². The number of anilines is 1. The Morgan fingerprint density at radius 3 is 1.82 bits per heavy atom. The highest BCUT2D eigenvalue weighted by Gasteiger charge is 2.29. The van der Waals surface area contributed by atoms with Crippen molar-refractivity contribution in [3.05, 3.63) is 54.1 Å². The van der Waals surface area contributed by atoms with Crippen LogP contribution in [0.1, 0.15) is 25.5 Å². The molecule has 0 aromatic heterocycles. The summed E-state index contributed by atoms with van der Waals surface area (Å²) in [6, 6.07) is 12.6. The summed E-state index contributed by atoms with van der Waals surface area (Å²) < 4.78 is 36.1. The van der Waals surface area contributed by atoms with Gasteiger partial charge < -0.3 is 14.8 Å². The summed E-state index contributed by atoms with van der Waals surface area (Å²) >= 11 is 0. The summed E-state index contributed by atoms with van der Waals surface area (Å²) in [7, 11) is -0.564. The monoisotopic (exact) mass is 406 g/mol. The molecule has 0 radical (unpaired) electrons. The molecule has 2 rings (SSSR count). The van der Waals surface area contributed by atoms with Gasteiger partial charge in [0.2, 0.25) is 15.9 Å². The van der Waals surface area contributed by atoms with Crippen LogP contribution >= 0.6 is 0 Å². The Hall–Kier alpha value is -2.74. The fourth-order valence-corrected chi connectivity index (χ4v) is 4.02. The smallest absolute Gasteiger partial charge is 0.244 e. The Morgan fingerprint density at radius 2 is 1.39 bits per heavy atom. The van der Waals surface area contributed by atoms with Gasteiger partial charge in [-0.15, -0.1) is 0 Å². The Kier molecular flexibility index (Phi) is 6.90. The molecule has 2 aromatic carbocycles. The number of rotatable bonds is 8. The van der Waals surface area contributed by atoms with E-state index in [1.165, 1.54) is 7.11 Å². The molecule has 0 aliphatic heterocycles. The molecule has 1 N–H and O–H groups in total. The maximum atomic E-state index is 12.8. The number of sulfonamides is 1. The van der Waals surface area contributed by atoms with E-state index in [4.69, 9.17) is 9.47 Å². The lowest BCUT2D eigenvalue weighted by Gasteiger charge is -2.29. The highest BCUT2D eigenvalue weighted by atomic mass is 32.2. The highest BCUT2D eigenvalue weighted by molar-refractivity contribution is 7.92. The van der Waals surface area contributed by atoms with Crippen LogP contribution in [0.4, 0.5) is 5.69 Å². The van der Waals surface area contributed by atoms with Crippen molar-refractivity contribution in [3.63, 3.8) is 0 Å². The third-order valence-corrected chi connectivity index (χ3v) is 5.63. The molecule has 2 atom stereocenters. The standard InChI is InChI=1S/C20H26N2O5S/c1-14(16-6-10-18(26-3)11-7-16)21-20(23)15(2)22(28(5,24)25)17-8-12-19(27-4)13-9-17/h6-15H,1-5H3,(H,21,23)/t14-,15+/m0/s1. The Labute approximate surface area is 166 Å². The lowest BCUT2D eigenvalue weighted by molar-refractivity contribution is -0.122. The molecule has 0 fully saturated rings. The van der Waals surface area contributed by atoms with Crippen molar-refractivity contribution in [2.75, 3.05) is 24.8 Å². The van der Waals surface area contributed by atoms with Crippen molar-refractivity contribution in [2.24, 2.45) is 0 Å². The van der Waals surface area contributed by atoms with Gasteiger partial charge >= 0.3 is 0 Å². The SMILES string of the molecule is COc1ccc([C@H](C)NC(=O)[C@@H](C)N(c2ccc(OC)cc2)S(C)(=O)=O)cc1. The molecule has 0 aliphatic rings. The van der Waals surface area contributed by atoms with Crippen LogP contribution in [-0.4, -0.2) is 40.8 Å². The zero-order chi connectivity index (χ0) is 20.9. The first-order valence-corrected chi connectivity index (χ1v) is 10.6. The van der Waals surface area contributed by atoms with Gasteiger partial charge in [-0.1, -0.05) is 12.1 Å².